The number of rotatable bonds is 3. The standard InChI is InChI=1S/C15H17N3OS/c19-20(14-6-2-1-3-7-14)18-12-10-17(11-13-18)15-8-4-5-9-16-15/h1-9H,10-13H2/t20-/m0/s1. The zero-order valence-corrected chi connectivity index (χ0v) is 12.0. The molecule has 0 N–H and O–H groups in total. The molecule has 0 radical (unpaired) electrons. The fourth-order valence-corrected chi connectivity index (χ4v) is 3.49. The molecular weight excluding hydrogens is 270 g/mol. The van der Waals surface area contributed by atoms with Gasteiger partial charge in [-0.3, -0.25) is 0 Å². The van der Waals surface area contributed by atoms with Crippen LogP contribution in [-0.4, -0.2) is 39.7 Å². The van der Waals surface area contributed by atoms with Crippen molar-refractivity contribution >= 4 is 16.8 Å². The monoisotopic (exact) mass is 287 g/mol. The van der Waals surface area contributed by atoms with Gasteiger partial charge in [-0.25, -0.2) is 13.5 Å². The Bertz CT molecular complexity index is 568. The molecule has 0 saturated carbocycles. The SMILES string of the molecule is O=[S@@](c1ccccc1)N1CCN(c2ccccn2)CC1. The largest absolute Gasteiger partial charge is 0.354 e. The van der Waals surface area contributed by atoms with Gasteiger partial charge in [0.15, 0.2) is 0 Å². The smallest absolute Gasteiger partial charge is 0.128 e. The van der Waals surface area contributed by atoms with Crippen molar-refractivity contribution in [2.45, 2.75) is 4.90 Å². The maximum absolute atomic E-state index is 12.4. The second-order valence-electron chi connectivity index (χ2n) is 4.67. The molecule has 1 fully saturated rings. The first-order valence-corrected chi connectivity index (χ1v) is 7.83. The Kier molecular flexibility index (Phi) is 4.08. The molecule has 1 aromatic carbocycles. The van der Waals surface area contributed by atoms with E-state index >= 15 is 0 Å². The summed E-state index contributed by atoms with van der Waals surface area (Å²) >= 11 is 0. The van der Waals surface area contributed by atoms with Gasteiger partial charge in [0.1, 0.15) is 16.8 Å². The van der Waals surface area contributed by atoms with Gasteiger partial charge >= 0.3 is 0 Å². The molecule has 20 heavy (non-hydrogen) atoms. The lowest BCUT2D eigenvalue weighted by Gasteiger charge is -2.34. The van der Waals surface area contributed by atoms with Crippen molar-refractivity contribution in [2.75, 3.05) is 31.1 Å². The third-order valence-electron chi connectivity index (χ3n) is 3.39. The van der Waals surface area contributed by atoms with Gasteiger partial charge in [0.25, 0.3) is 0 Å². The first-order valence-electron chi connectivity index (χ1n) is 6.72. The molecule has 0 spiro atoms. The average Bonchev–Trinajstić information content (AvgIpc) is 2.56. The van der Waals surface area contributed by atoms with E-state index in [1.165, 1.54) is 0 Å². The van der Waals surface area contributed by atoms with Gasteiger partial charge in [-0.2, -0.15) is 0 Å². The van der Waals surface area contributed by atoms with E-state index in [9.17, 15) is 4.21 Å². The Labute approximate surface area is 121 Å². The van der Waals surface area contributed by atoms with Gasteiger partial charge in [-0.15, -0.1) is 0 Å². The first kappa shape index (κ1) is 13.3. The molecule has 3 rings (SSSR count). The number of hydrogen-bond donors (Lipinski definition) is 0. The fourth-order valence-electron chi connectivity index (χ4n) is 2.31. The maximum Gasteiger partial charge on any atom is 0.128 e. The van der Waals surface area contributed by atoms with Crippen molar-refractivity contribution in [1.82, 2.24) is 9.29 Å². The topological polar surface area (TPSA) is 36.4 Å². The predicted octanol–water partition coefficient (Wildman–Crippen LogP) is 1.93. The molecule has 1 aliphatic rings. The summed E-state index contributed by atoms with van der Waals surface area (Å²) in [5.74, 6) is 0.998. The highest BCUT2D eigenvalue weighted by Gasteiger charge is 2.22. The predicted molar refractivity (Wildman–Crippen MR) is 80.9 cm³/mol. The van der Waals surface area contributed by atoms with Crippen LogP contribution < -0.4 is 4.90 Å². The average molecular weight is 287 g/mol. The van der Waals surface area contributed by atoms with Crippen LogP contribution in [-0.2, 0) is 11.0 Å². The number of anilines is 1. The highest BCUT2D eigenvalue weighted by atomic mass is 32.2. The summed E-state index contributed by atoms with van der Waals surface area (Å²) < 4.78 is 14.5. The highest BCUT2D eigenvalue weighted by Crippen LogP contribution is 2.16. The Morgan fingerprint density at radius 1 is 0.900 bits per heavy atom. The van der Waals surface area contributed by atoms with Crippen LogP contribution in [0.15, 0.2) is 59.6 Å². The van der Waals surface area contributed by atoms with E-state index in [-0.39, 0.29) is 0 Å². The third-order valence-corrected chi connectivity index (χ3v) is 4.90. The van der Waals surface area contributed by atoms with Crippen molar-refractivity contribution in [3.8, 4) is 0 Å². The minimum atomic E-state index is -1.05. The van der Waals surface area contributed by atoms with Gasteiger partial charge in [-0.05, 0) is 24.3 Å². The molecule has 1 saturated heterocycles. The first-order chi connectivity index (χ1) is 9.84. The molecule has 0 bridgehead atoms. The normalized spacial score (nSPS) is 17.9. The van der Waals surface area contributed by atoms with E-state index < -0.39 is 11.0 Å². The molecule has 5 heteroatoms. The summed E-state index contributed by atoms with van der Waals surface area (Å²) in [6, 6.07) is 15.6. The van der Waals surface area contributed by atoms with Crippen molar-refractivity contribution in [1.29, 1.82) is 0 Å². The number of piperazine rings is 1. The van der Waals surface area contributed by atoms with Gasteiger partial charge in [0, 0.05) is 32.4 Å². The molecule has 0 amide bonds. The Balaban J connectivity index is 1.63. The summed E-state index contributed by atoms with van der Waals surface area (Å²) in [5, 5.41) is 0. The van der Waals surface area contributed by atoms with Crippen molar-refractivity contribution in [2.24, 2.45) is 0 Å². The molecule has 4 nitrogen and oxygen atoms in total. The van der Waals surface area contributed by atoms with E-state index in [0.29, 0.717) is 0 Å². The van der Waals surface area contributed by atoms with Crippen LogP contribution in [0.2, 0.25) is 0 Å². The summed E-state index contributed by atoms with van der Waals surface area (Å²) in [5.41, 5.74) is 0. The fraction of sp³-hybridized carbons (Fsp3) is 0.267. The maximum atomic E-state index is 12.4. The third kappa shape index (κ3) is 2.89. The van der Waals surface area contributed by atoms with E-state index in [4.69, 9.17) is 0 Å². The molecule has 0 aliphatic carbocycles. The Hall–Kier alpha value is -1.72. The van der Waals surface area contributed by atoms with E-state index in [1.54, 1.807) is 0 Å². The minimum absolute atomic E-state index is 0.790. The van der Waals surface area contributed by atoms with Crippen LogP contribution in [0.25, 0.3) is 0 Å². The summed E-state index contributed by atoms with van der Waals surface area (Å²) in [6.45, 7) is 3.29. The second kappa shape index (κ2) is 6.15. The van der Waals surface area contributed by atoms with Gasteiger partial charge in [-0.1, -0.05) is 24.3 Å². The zero-order valence-electron chi connectivity index (χ0n) is 11.2. The van der Waals surface area contributed by atoms with Crippen LogP contribution in [0, 0.1) is 0 Å². The number of pyridine rings is 1. The lowest BCUT2D eigenvalue weighted by Crippen LogP contribution is -2.47. The van der Waals surface area contributed by atoms with Crippen LogP contribution >= 0.6 is 0 Å². The molecule has 1 aliphatic heterocycles. The molecule has 2 aromatic rings. The van der Waals surface area contributed by atoms with Gasteiger partial charge in [0.2, 0.25) is 0 Å². The lowest BCUT2D eigenvalue weighted by molar-refractivity contribution is 0.409. The van der Waals surface area contributed by atoms with Crippen LogP contribution in [0.1, 0.15) is 0 Å². The van der Waals surface area contributed by atoms with Gasteiger partial charge in [0.05, 0.1) is 4.90 Å². The van der Waals surface area contributed by atoms with Crippen molar-refractivity contribution in [3.05, 3.63) is 54.7 Å². The lowest BCUT2D eigenvalue weighted by atomic mass is 10.3. The van der Waals surface area contributed by atoms with E-state index in [2.05, 4.69) is 9.88 Å². The van der Waals surface area contributed by atoms with Crippen LogP contribution in [0.3, 0.4) is 0 Å². The molecule has 0 unspecified atom stereocenters. The molecule has 1 aromatic heterocycles. The number of benzene rings is 1. The van der Waals surface area contributed by atoms with E-state index in [1.807, 2.05) is 59.0 Å². The zero-order chi connectivity index (χ0) is 13.8. The summed E-state index contributed by atoms with van der Waals surface area (Å²) in [6.07, 6.45) is 1.81. The highest BCUT2D eigenvalue weighted by molar-refractivity contribution is 7.82. The van der Waals surface area contributed by atoms with Crippen LogP contribution in [0.4, 0.5) is 5.82 Å². The molecule has 1 atom stereocenters. The van der Waals surface area contributed by atoms with Crippen LogP contribution in [0.5, 0.6) is 0 Å². The number of hydrogen-bond acceptors (Lipinski definition) is 3. The summed E-state index contributed by atoms with van der Waals surface area (Å²) in [4.78, 5) is 7.47. The number of aromatic nitrogens is 1. The Morgan fingerprint density at radius 3 is 2.25 bits per heavy atom. The second-order valence-corrected chi connectivity index (χ2v) is 6.15. The number of nitrogens with zero attached hydrogens (tertiary/aromatic N) is 3. The van der Waals surface area contributed by atoms with Gasteiger partial charge < -0.3 is 4.90 Å². The molecule has 2 heterocycles. The van der Waals surface area contributed by atoms with E-state index in [0.717, 1.165) is 36.9 Å². The van der Waals surface area contributed by atoms with Crippen molar-refractivity contribution < 1.29 is 4.21 Å². The molecule has 104 valence electrons. The van der Waals surface area contributed by atoms with Crippen molar-refractivity contribution in [3.63, 3.8) is 0 Å². The quantitative estimate of drug-likeness (QED) is 0.865. The minimum Gasteiger partial charge on any atom is -0.354 e. The molecular formula is C15H17N3OS. The summed E-state index contributed by atoms with van der Waals surface area (Å²) in [7, 11) is -1.05. The Morgan fingerprint density at radius 2 is 1.60 bits per heavy atom.